The molecule has 0 saturated heterocycles. The molecule has 0 aliphatic heterocycles. The highest BCUT2D eigenvalue weighted by Crippen LogP contribution is 2.29. The lowest BCUT2D eigenvalue weighted by Gasteiger charge is -2.31. The summed E-state index contributed by atoms with van der Waals surface area (Å²) in [5, 5.41) is 9.65. The van der Waals surface area contributed by atoms with Crippen molar-refractivity contribution in [1.29, 1.82) is 0 Å². The van der Waals surface area contributed by atoms with E-state index in [-0.39, 0.29) is 12.5 Å². The number of methoxy groups -OCH3 is 1. The lowest BCUT2D eigenvalue weighted by atomic mass is 9.83. The number of aliphatic hydroxyl groups excluding tert-OH is 1. The van der Waals surface area contributed by atoms with Gasteiger partial charge in [0, 0.05) is 11.6 Å². The van der Waals surface area contributed by atoms with Gasteiger partial charge in [-0.3, -0.25) is 0 Å². The average molecular weight is 394 g/mol. The van der Waals surface area contributed by atoms with Crippen LogP contribution in [0.3, 0.4) is 0 Å². The SMILES string of the molecule is COc1cc(OCCC(C)CCCC(C)C)ccc1CCC(N)(CO)C(C)C. The van der Waals surface area contributed by atoms with Crippen molar-refractivity contribution in [3.8, 4) is 11.5 Å². The standard InChI is InChI=1S/C24H43NO3/c1-18(2)8-7-9-20(5)13-15-28-22-11-10-21(23(16-22)27-6)12-14-24(25,17-26)19(3)4/h10-11,16,18-20,26H,7-9,12-15,17,25H2,1-6H3. The first kappa shape index (κ1) is 24.8. The topological polar surface area (TPSA) is 64.7 Å². The zero-order valence-corrected chi connectivity index (χ0v) is 19.0. The Kier molecular flexibility index (Phi) is 10.9. The number of hydrogen-bond acceptors (Lipinski definition) is 4. The van der Waals surface area contributed by atoms with Crippen LogP contribution in [0.5, 0.6) is 11.5 Å². The van der Waals surface area contributed by atoms with Crippen LogP contribution >= 0.6 is 0 Å². The summed E-state index contributed by atoms with van der Waals surface area (Å²) in [6, 6.07) is 6.03. The molecular weight excluding hydrogens is 350 g/mol. The molecule has 2 atom stereocenters. The number of ether oxygens (including phenoxy) is 2. The average Bonchev–Trinajstić information content (AvgIpc) is 2.65. The maximum absolute atomic E-state index is 9.65. The van der Waals surface area contributed by atoms with Gasteiger partial charge < -0.3 is 20.3 Å². The Balaban J connectivity index is 2.54. The summed E-state index contributed by atoms with van der Waals surface area (Å²) in [6.07, 6.45) is 6.43. The molecule has 0 aliphatic carbocycles. The van der Waals surface area contributed by atoms with Crippen molar-refractivity contribution in [2.45, 2.75) is 78.7 Å². The van der Waals surface area contributed by atoms with Gasteiger partial charge in [0.25, 0.3) is 0 Å². The summed E-state index contributed by atoms with van der Waals surface area (Å²) in [6.45, 7) is 11.7. The molecule has 4 heteroatoms. The molecule has 0 aromatic heterocycles. The normalized spacial score (nSPS) is 14.9. The monoisotopic (exact) mass is 393 g/mol. The van der Waals surface area contributed by atoms with E-state index in [1.807, 2.05) is 26.0 Å². The molecule has 0 radical (unpaired) electrons. The first-order valence-electron chi connectivity index (χ1n) is 10.9. The van der Waals surface area contributed by atoms with E-state index >= 15 is 0 Å². The number of aliphatic hydroxyl groups is 1. The Labute approximate surface area is 172 Å². The van der Waals surface area contributed by atoms with Gasteiger partial charge in [-0.25, -0.2) is 0 Å². The lowest BCUT2D eigenvalue weighted by molar-refractivity contribution is 0.146. The van der Waals surface area contributed by atoms with Crippen molar-refractivity contribution in [3.05, 3.63) is 23.8 Å². The molecule has 0 bridgehead atoms. The van der Waals surface area contributed by atoms with Crippen LogP contribution < -0.4 is 15.2 Å². The summed E-state index contributed by atoms with van der Waals surface area (Å²) in [5.74, 6) is 3.36. The van der Waals surface area contributed by atoms with E-state index in [1.54, 1.807) is 7.11 Å². The summed E-state index contributed by atoms with van der Waals surface area (Å²) >= 11 is 0. The lowest BCUT2D eigenvalue weighted by Crippen LogP contribution is -2.48. The van der Waals surface area contributed by atoms with Crippen LogP contribution in [0.25, 0.3) is 0 Å². The van der Waals surface area contributed by atoms with Crippen molar-refractivity contribution in [3.63, 3.8) is 0 Å². The van der Waals surface area contributed by atoms with Gasteiger partial charge in [-0.1, -0.05) is 59.9 Å². The Hall–Kier alpha value is -1.26. The number of hydrogen-bond donors (Lipinski definition) is 2. The van der Waals surface area contributed by atoms with Crippen LogP contribution in [-0.4, -0.2) is 31.0 Å². The minimum atomic E-state index is -0.564. The first-order valence-corrected chi connectivity index (χ1v) is 10.9. The van der Waals surface area contributed by atoms with E-state index in [9.17, 15) is 5.11 Å². The quantitative estimate of drug-likeness (QED) is 0.456. The highest BCUT2D eigenvalue weighted by molar-refractivity contribution is 5.41. The molecule has 0 heterocycles. The molecule has 0 fully saturated rings. The predicted molar refractivity (Wildman–Crippen MR) is 118 cm³/mol. The predicted octanol–water partition coefficient (Wildman–Crippen LogP) is 5.20. The van der Waals surface area contributed by atoms with Crippen LogP contribution in [0.15, 0.2) is 18.2 Å². The summed E-state index contributed by atoms with van der Waals surface area (Å²) in [5.41, 5.74) is 6.87. The second-order valence-corrected chi connectivity index (χ2v) is 9.09. The fraction of sp³-hybridized carbons (Fsp3) is 0.750. The van der Waals surface area contributed by atoms with E-state index in [4.69, 9.17) is 15.2 Å². The maximum Gasteiger partial charge on any atom is 0.125 e. The molecule has 1 rings (SSSR count). The summed E-state index contributed by atoms with van der Waals surface area (Å²) in [4.78, 5) is 0. The molecule has 2 unspecified atom stereocenters. The van der Waals surface area contributed by atoms with E-state index in [0.717, 1.165) is 42.4 Å². The largest absolute Gasteiger partial charge is 0.496 e. The third-order valence-electron chi connectivity index (χ3n) is 5.92. The fourth-order valence-corrected chi connectivity index (χ4v) is 3.34. The van der Waals surface area contributed by atoms with E-state index < -0.39 is 5.54 Å². The third-order valence-corrected chi connectivity index (χ3v) is 5.92. The Morgan fingerprint density at radius 2 is 1.79 bits per heavy atom. The van der Waals surface area contributed by atoms with Gasteiger partial charge in [-0.15, -0.1) is 0 Å². The highest BCUT2D eigenvalue weighted by Gasteiger charge is 2.28. The molecule has 28 heavy (non-hydrogen) atoms. The molecule has 162 valence electrons. The van der Waals surface area contributed by atoms with Gasteiger partial charge in [0.05, 0.1) is 20.3 Å². The van der Waals surface area contributed by atoms with Crippen molar-refractivity contribution in [2.24, 2.45) is 23.5 Å². The first-order chi connectivity index (χ1) is 13.2. The Morgan fingerprint density at radius 1 is 1.07 bits per heavy atom. The minimum Gasteiger partial charge on any atom is -0.496 e. The van der Waals surface area contributed by atoms with E-state index in [2.05, 4.69) is 26.8 Å². The zero-order chi connectivity index (χ0) is 21.2. The molecule has 0 saturated carbocycles. The molecule has 3 N–H and O–H groups in total. The number of nitrogens with two attached hydrogens (primary N) is 1. The van der Waals surface area contributed by atoms with Crippen molar-refractivity contribution < 1.29 is 14.6 Å². The maximum atomic E-state index is 9.65. The van der Waals surface area contributed by atoms with Gasteiger partial charge >= 0.3 is 0 Å². The van der Waals surface area contributed by atoms with Gasteiger partial charge in [0.2, 0.25) is 0 Å². The smallest absolute Gasteiger partial charge is 0.125 e. The van der Waals surface area contributed by atoms with Crippen LogP contribution in [-0.2, 0) is 6.42 Å². The number of rotatable bonds is 14. The van der Waals surface area contributed by atoms with Crippen molar-refractivity contribution in [1.82, 2.24) is 0 Å². The third kappa shape index (κ3) is 8.40. The van der Waals surface area contributed by atoms with Crippen molar-refractivity contribution >= 4 is 0 Å². The highest BCUT2D eigenvalue weighted by atomic mass is 16.5. The van der Waals surface area contributed by atoms with Gasteiger partial charge in [0.1, 0.15) is 11.5 Å². The van der Waals surface area contributed by atoms with Crippen LogP contribution in [0, 0.1) is 17.8 Å². The van der Waals surface area contributed by atoms with Gasteiger partial charge in [-0.05, 0) is 48.6 Å². The second kappa shape index (κ2) is 12.3. The molecule has 0 aliphatic rings. The Morgan fingerprint density at radius 3 is 2.36 bits per heavy atom. The number of aryl methyl sites for hydroxylation is 1. The molecule has 4 nitrogen and oxygen atoms in total. The van der Waals surface area contributed by atoms with Crippen LogP contribution in [0.2, 0.25) is 0 Å². The minimum absolute atomic E-state index is 0.0104. The van der Waals surface area contributed by atoms with Crippen LogP contribution in [0.4, 0.5) is 0 Å². The molecular formula is C24H43NO3. The summed E-state index contributed by atoms with van der Waals surface area (Å²) < 4.78 is 11.5. The van der Waals surface area contributed by atoms with Gasteiger partial charge in [0.15, 0.2) is 0 Å². The second-order valence-electron chi connectivity index (χ2n) is 9.09. The van der Waals surface area contributed by atoms with E-state index in [0.29, 0.717) is 12.3 Å². The van der Waals surface area contributed by atoms with Crippen molar-refractivity contribution in [2.75, 3.05) is 20.3 Å². The van der Waals surface area contributed by atoms with Crippen LogP contribution in [0.1, 0.15) is 72.3 Å². The fourth-order valence-electron chi connectivity index (χ4n) is 3.34. The van der Waals surface area contributed by atoms with E-state index in [1.165, 1.54) is 19.3 Å². The zero-order valence-electron chi connectivity index (χ0n) is 19.0. The molecule has 0 amide bonds. The molecule has 1 aromatic rings. The van der Waals surface area contributed by atoms with Gasteiger partial charge in [-0.2, -0.15) is 0 Å². The molecule has 1 aromatic carbocycles. The Bertz CT molecular complexity index is 559. The molecule has 0 spiro atoms. The number of benzene rings is 1. The summed E-state index contributed by atoms with van der Waals surface area (Å²) in [7, 11) is 1.68.